The molecule has 1 N–H and O–H groups in total. The van der Waals surface area contributed by atoms with Crippen molar-refractivity contribution in [1.82, 2.24) is 10.2 Å². The lowest BCUT2D eigenvalue weighted by molar-refractivity contribution is 0.102. The highest BCUT2D eigenvalue weighted by Gasteiger charge is 2.11. The summed E-state index contributed by atoms with van der Waals surface area (Å²) in [6.45, 7) is 0. The van der Waals surface area contributed by atoms with Gasteiger partial charge in [-0.05, 0) is 48.5 Å². The first-order valence-corrected chi connectivity index (χ1v) is 7.94. The Labute approximate surface area is 143 Å². The standard InChI is InChI=1S/C17H15N3O3S/c1-22-13-7-3-11(4-8-13)15(21)18-17-20-19-16(24-17)12-5-9-14(23-2)10-6-12/h3-10H,1-2H3,(H,18,20,21). The van der Waals surface area contributed by atoms with Crippen LogP contribution in [0, 0.1) is 0 Å². The van der Waals surface area contributed by atoms with E-state index in [1.807, 2.05) is 24.3 Å². The molecule has 0 atom stereocenters. The van der Waals surface area contributed by atoms with Gasteiger partial charge in [0.05, 0.1) is 14.2 Å². The van der Waals surface area contributed by atoms with Crippen LogP contribution in [0.2, 0.25) is 0 Å². The van der Waals surface area contributed by atoms with Crippen molar-refractivity contribution in [3.8, 4) is 22.1 Å². The summed E-state index contributed by atoms with van der Waals surface area (Å²) >= 11 is 1.31. The SMILES string of the molecule is COc1ccc(C(=O)Nc2nnc(-c3ccc(OC)cc3)s2)cc1. The van der Waals surface area contributed by atoms with Crippen LogP contribution < -0.4 is 14.8 Å². The van der Waals surface area contributed by atoms with Crippen molar-refractivity contribution in [2.75, 3.05) is 19.5 Å². The molecule has 0 bridgehead atoms. The van der Waals surface area contributed by atoms with Gasteiger partial charge in [-0.3, -0.25) is 10.1 Å². The van der Waals surface area contributed by atoms with Gasteiger partial charge in [0.1, 0.15) is 16.5 Å². The molecule has 1 heterocycles. The zero-order chi connectivity index (χ0) is 16.9. The summed E-state index contributed by atoms with van der Waals surface area (Å²) in [4.78, 5) is 12.2. The van der Waals surface area contributed by atoms with Crippen molar-refractivity contribution in [2.45, 2.75) is 0 Å². The monoisotopic (exact) mass is 341 g/mol. The first-order valence-electron chi connectivity index (χ1n) is 7.13. The predicted octanol–water partition coefficient (Wildman–Crippen LogP) is 3.47. The van der Waals surface area contributed by atoms with E-state index in [1.54, 1.807) is 38.5 Å². The van der Waals surface area contributed by atoms with Crippen LogP contribution in [0.1, 0.15) is 10.4 Å². The topological polar surface area (TPSA) is 73.3 Å². The summed E-state index contributed by atoms with van der Waals surface area (Å²) in [7, 11) is 3.20. The van der Waals surface area contributed by atoms with E-state index in [1.165, 1.54) is 11.3 Å². The molecule has 0 saturated carbocycles. The summed E-state index contributed by atoms with van der Waals surface area (Å²) in [6.07, 6.45) is 0. The first kappa shape index (κ1) is 15.9. The molecule has 0 radical (unpaired) electrons. The molecule has 24 heavy (non-hydrogen) atoms. The molecule has 0 saturated heterocycles. The fourth-order valence-electron chi connectivity index (χ4n) is 2.04. The number of ether oxygens (including phenoxy) is 2. The molecule has 2 aromatic carbocycles. The van der Waals surface area contributed by atoms with Gasteiger partial charge in [-0.15, -0.1) is 10.2 Å². The highest BCUT2D eigenvalue weighted by Crippen LogP contribution is 2.28. The minimum atomic E-state index is -0.241. The molecule has 122 valence electrons. The van der Waals surface area contributed by atoms with Crippen LogP contribution in [-0.4, -0.2) is 30.3 Å². The third-order valence-electron chi connectivity index (χ3n) is 3.33. The van der Waals surface area contributed by atoms with Gasteiger partial charge in [0.15, 0.2) is 0 Å². The second kappa shape index (κ2) is 7.10. The molecular formula is C17H15N3O3S. The number of hydrogen-bond donors (Lipinski definition) is 1. The van der Waals surface area contributed by atoms with E-state index in [9.17, 15) is 4.79 Å². The van der Waals surface area contributed by atoms with Crippen molar-refractivity contribution in [2.24, 2.45) is 0 Å². The Bertz CT molecular complexity index is 829. The zero-order valence-electron chi connectivity index (χ0n) is 13.1. The molecule has 1 aromatic heterocycles. The van der Waals surface area contributed by atoms with Crippen LogP contribution in [0.5, 0.6) is 11.5 Å². The van der Waals surface area contributed by atoms with Gasteiger partial charge in [0.2, 0.25) is 5.13 Å². The summed E-state index contributed by atoms with van der Waals surface area (Å²) < 4.78 is 10.2. The Morgan fingerprint density at radius 1 is 0.917 bits per heavy atom. The van der Waals surface area contributed by atoms with Crippen molar-refractivity contribution < 1.29 is 14.3 Å². The quantitative estimate of drug-likeness (QED) is 0.769. The fraction of sp³-hybridized carbons (Fsp3) is 0.118. The maximum Gasteiger partial charge on any atom is 0.257 e. The predicted molar refractivity (Wildman–Crippen MR) is 92.8 cm³/mol. The molecule has 0 fully saturated rings. The molecule has 6 nitrogen and oxygen atoms in total. The fourth-order valence-corrected chi connectivity index (χ4v) is 2.78. The number of benzene rings is 2. The van der Waals surface area contributed by atoms with E-state index in [2.05, 4.69) is 15.5 Å². The maximum absolute atomic E-state index is 12.2. The summed E-state index contributed by atoms with van der Waals surface area (Å²) in [5.41, 5.74) is 1.44. The lowest BCUT2D eigenvalue weighted by Crippen LogP contribution is -2.11. The van der Waals surface area contributed by atoms with E-state index in [-0.39, 0.29) is 5.91 Å². The summed E-state index contributed by atoms with van der Waals surface area (Å²) in [6, 6.07) is 14.4. The average Bonchev–Trinajstić information content (AvgIpc) is 3.10. The Morgan fingerprint density at radius 3 is 2.08 bits per heavy atom. The number of carbonyl (C=O) groups excluding carboxylic acids is 1. The Balaban J connectivity index is 1.71. The van der Waals surface area contributed by atoms with Gasteiger partial charge < -0.3 is 9.47 Å². The van der Waals surface area contributed by atoms with Crippen LogP contribution in [0.15, 0.2) is 48.5 Å². The Kier molecular flexibility index (Phi) is 4.72. The lowest BCUT2D eigenvalue weighted by Gasteiger charge is -2.03. The maximum atomic E-state index is 12.2. The number of nitrogens with one attached hydrogen (secondary N) is 1. The Morgan fingerprint density at radius 2 is 1.50 bits per heavy atom. The van der Waals surface area contributed by atoms with Crippen molar-refractivity contribution in [3.05, 3.63) is 54.1 Å². The first-order chi connectivity index (χ1) is 11.7. The van der Waals surface area contributed by atoms with Gasteiger partial charge in [0.25, 0.3) is 5.91 Å². The molecule has 0 unspecified atom stereocenters. The number of methoxy groups -OCH3 is 2. The number of carbonyl (C=O) groups is 1. The molecule has 3 rings (SSSR count). The van der Waals surface area contributed by atoms with Crippen molar-refractivity contribution in [3.63, 3.8) is 0 Å². The Hall–Kier alpha value is -2.93. The molecule has 3 aromatic rings. The van der Waals surface area contributed by atoms with Crippen LogP contribution in [0.25, 0.3) is 10.6 Å². The van der Waals surface area contributed by atoms with Gasteiger partial charge >= 0.3 is 0 Å². The molecule has 0 aliphatic carbocycles. The molecule has 0 aliphatic rings. The number of hydrogen-bond acceptors (Lipinski definition) is 6. The van der Waals surface area contributed by atoms with E-state index in [4.69, 9.17) is 9.47 Å². The third-order valence-corrected chi connectivity index (χ3v) is 4.22. The van der Waals surface area contributed by atoms with Crippen molar-refractivity contribution >= 4 is 22.4 Å². The van der Waals surface area contributed by atoms with Gasteiger partial charge in [0, 0.05) is 11.1 Å². The number of amides is 1. The van der Waals surface area contributed by atoms with E-state index >= 15 is 0 Å². The van der Waals surface area contributed by atoms with Crippen molar-refractivity contribution in [1.29, 1.82) is 0 Å². The van der Waals surface area contributed by atoms with E-state index in [0.717, 1.165) is 16.3 Å². The average molecular weight is 341 g/mol. The molecule has 0 aliphatic heterocycles. The van der Waals surface area contributed by atoms with E-state index in [0.29, 0.717) is 16.4 Å². The zero-order valence-corrected chi connectivity index (χ0v) is 14.0. The minimum Gasteiger partial charge on any atom is -0.497 e. The van der Waals surface area contributed by atoms with Crippen LogP contribution in [0.4, 0.5) is 5.13 Å². The second-order valence-corrected chi connectivity index (χ2v) is 5.80. The van der Waals surface area contributed by atoms with Crippen LogP contribution in [-0.2, 0) is 0 Å². The smallest absolute Gasteiger partial charge is 0.257 e. The molecule has 1 amide bonds. The van der Waals surface area contributed by atoms with Gasteiger partial charge in [-0.25, -0.2) is 0 Å². The van der Waals surface area contributed by atoms with E-state index < -0.39 is 0 Å². The number of anilines is 1. The third kappa shape index (κ3) is 3.52. The second-order valence-electron chi connectivity index (χ2n) is 4.82. The number of nitrogens with zero attached hydrogens (tertiary/aromatic N) is 2. The largest absolute Gasteiger partial charge is 0.497 e. The summed E-state index contributed by atoms with van der Waals surface area (Å²) in [5, 5.41) is 12.0. The molecular weight excluding hydrogens is 326 g/mol. The number of aromatic nitrogens is 2. The molecule has 7 heteroatoms. The molecule has 0 spiro atoms. The van der Waals surface area contributed by atoms with Gasteiger partial charge in [-0.2, -0.15) is 0 Å². The number of rotatable bonds is 5. The highest BCUT2D eigenvalue weighted by molar-refractivity contribution is 7.18. The highest BCUT2D eigenvalue weighted by atomic mass is 32.1. The van der Waals surface area contributed by atoms with Crippen LogP contribution >= 0.6 is 11.3 Å². The minimum absolute atomic E-state index is 0.241. The normalized spacial score (nSPS) is 10.2. The van der Waals surface area contributed by atoms with Gasteiger partial charge in [-0.1, -0.05) is 11.3 Å². The lowest BCUT2D eigenvalue weighted by atomic mass is 10.2. The summed E-state index contributed by atoms with van der Waals surface area (Å²) in [5.74, 6) is 1.23. The van der Waals surface area contributed by atoms with Crippen LogP contribution in [0.3, 0.4) is 0 Å².